The van der Waals surface area contributed by atoms with Crippen molar-refractivity contribution in [3.8, 4) is 0 Å². The molecule has 0 aliphatic carbocycles. The largest absolute Gasteiger partial charge is 0.455 e. The fraction of sp³-hybridized carbons (Fsp3) is 0.545. The number of rotatable bonds is 8. The quantitative estimate of drug-likeness (QED) is 0.591. The second-order valence-corrected chi connectivity index (χ2v) is 7.18. The van der Waals surface area contributed by atoms with Crippen LogP contribution in [0.2, 0.25) is 0 Å². The van der Waals surface area contributed by atoms with Crippen LogP contribution in [0.15, 0.2) is 36.4 Å². The van der Waals surface area contributed by atoms with Gasteiger partial charge in [-0.1, -0.05) is 36.4 Å². The summed E-state index contributed by atoms with van der Waals surface area (Å²) < 4.78 is 34.0. The maximum atomic E-state index is 11.8. The Hall–Kier alpha value is -2.26. The molecule has 1 heterocycles. The van der Waals surface area contributed by atoms with Gasteiger partial charge < -0.3 is 28.4 Å². The number of esters is 2. The molecule has 8 nitrogen and oxygen atoms in total. The van der Waals surface area contributed by atoms with E-state index in [9.17, 15) is 9.59 Å². The number of carbonyl (C=O) groups excluding carboxylic acids is 2. The highest BCUT2D eigenvalue weighted by molar-refractivity contribution is 5.68. The maximum absolute atomic E-state index is 11.8. The van der Waals surface area contributed by atoms with Crippen LogP contribution in [0.25, 0.3) is 6.08 Å². The van der Waals surface area contributed by atoms with Crippen LogP contribution in [0.3, 0.4) is 0 Å². The highest BCUT2D eigenvalue weighted by atomic mass is 16.8. The molecule has 0 radical (unpaired) electrons. The van der Waals surface area contributed by atoms with Gasteiger partial charge in [0.05, 0.1) is 6.61 Å². The third-order valence-electron chi connectivity index (χ3n) is 5.08. The van der Waals surface area contributed by atoms with Gasteiger partial charge in [0.1, 0.15) is 6.10 Å². The first-order valence-corrected chi connectivity index (χ1v) is 9.64. The van der Waals surface area contributed by atoms with E-state index in [2.05, 4.69) is 0 Å². The molecule has 1 aromatic carbocycles. The molecule has 8 heteroatoms. The molecule has 1 aromatic rings. The Labute approximate surface area is 177 Å². The van der Waals surface area contributed by atoms with Crippen LogP contribution in [0.5, 0.6) is 0 Å². The molecule has 0 N–H and O–H groups in total. The lowest BCUT2D eigenvalue weighted by atomic mass is 10.0. The van der Waals surface area contributed by atoms with Crippen molar-refractivity contribution in [1.29, 1.82) is 0 Å². The molecule has 5 atom stereocenters. The van der Waals surface area contributed by atoms with Crippen LogP contribution in [-0.4, -0.2) is 62.7 Å². The number of benzene rings is 1. The second-order valence-electron chi connectivity index (χ2n) is 7.18. The summed E-state index contributed by atoms with van der Waals surface area (Å²) >= 11 is 0. The molecule has 0 aromatic heterocycles. The first-order chi connectivity index (χ1) is 14.1. The summed E-state index contributed by atoms with van der Waals surface area (Å²) in [5.74, 6) is -3.56. The maximum Gasteiger partial charge on any atom is 0.303 e. The van der Waals surface area contributed by atoms with Gasteiger partial charge in [-0.25, -0.2) is 0 Å². The normalized spacial score (nSPS) is 28.7. The molecule has 1 aliphatic heterocycles. The minimum atomic E-state index is -1.30. The summed E-state index contributed by atoms with van der Waals surface area (Å²) in [5, 5.41) is 0. The van der Waals surface area contributed by atoms with Crippen LogP contribution in [-0.2, 0) is 38.0 Å². The number of ether oxygens (including phenoxy) is 6. The van der Waals surface area contributed by atoms with Crippen molar-refractivity contribution in [3.05, 3.63) is 42.0 Å². The van der Waals surface area contributed by atoms with Crippen molar-refractivity contribution >= 4 is 18.0 Å². The molecule has 30 heavy (non-hydrogen) atoms. The van der Waals surface area contributed by atoms with E-state index in [1.807, 2.05) is 30.3 Å². The minimum Gasteiger partial charge on any atom is -0.455 e. The summed E-state index contributed by atoms with van der Waals surface area (Å²) in [6.45, 7) is 5.93. The number of hydrogen-bond acceptors (Lipinski definition) is 8. The first kappa shape index (κ1) is 24.0. The third kappa shape index (κ3) is 5.66. The van der Waals surface area contributed by atoms with Crippen LogP contribution >= 0.6 is 0 Å². The molecule has 0 amide bonds. The fourth-order valence-corrected chi connectivity index (χ4v) is 3.17. The second kappa shape index (κ2) is 10.2. The lowest BCUT2D eigenvalue weighted by Gasteiger charge is -2.50. The van der Waals surface area contributed by atoms with E-state index in [1.165, 1.54) is 28.1 Å². The highest BCUT2D eigenvalue weighted by Crippen LogP contribution is 2.38. The summed E-state index contributed by atoms with van der Waals surface area (Å²) in [6, 6.07) is 9.46. The Morgan fingerprint density at radius 1 is 1.03 bits per heavy atom. The number of hydrogen-bond donors (Lipinski definition) is 0. The molecule has 2 rings (SSSR count). The van der Waals surface area contributed by atoms with E-state index >= 15 is 0 Å². The van der Waals surface area contributed by atoms with E-state index in [1.54, 1.807) is 26.0 Å². The van der Waals surface area contributed by atoms with Crippen molar-refractivity contribution in [1.82, 2.24) is 0 Å². The molecule has 1 aliphatic rings. The molecule has 1 fully saturated rings. The number of methoxy groups -OCH3 is 2. The van der Waals surface area contributed by atoms with Gasteiger partial charge in [-0.3, -0.25) is 9.59 Å². The molecule has 0 saturated carbocycles. The zero-order valence-corrected chi connectivity index (χ0v) is 18.2. The monoisotopic (exact) mass is 422 g/mol. The van der Waals surface area contributed by atoms with Crippen LogP contribution < -0.4 is 0 Å². The SMILES string of the molecule is CO[C@]1(C)OC[C@H]([C@@H](OC(C)=O)[C@@H](/C=C/c2ccccc2)OC(C)=O)O[C@@]1(C)OC. The molecule has 1 saturated heterocycles. The summed E-state index contributed by atoms with van der Waals surface area (Å²) in [6.07, 6.45) is 0.771. The zero-order chi connectivity index (χ0) is 22.4. The lowest BCUT2D eigenvalue weighted by molar-refractivity contribution is -0.438. The van der Waals surface area contributed by atoms with Crippen LogP contribution in [0.1, 0.15) is 33.3 Å². The van der Waals surface area contributed by atoms with Gasteiger partial charge >= 0.3 is 11.9 Å². The molecular formula is C22H30O8. The Bertz CT molecular complexity index is 749. The van der Waals surface area contributed by atoms with Gasteiger partial charge in [0.2, 0.25) is 11.6 Å². The van der Waals surface area contributed by atoms with E-state index in [4.69, 9.17) is 28.4 Å². The van der Waals surface area contributed by atoms with Crippen molar-refractivity contribution in [2.24, 2.45) is 0 Å². The van der Waals surface area contributed by atoms with Gasteiger partial charge in [0.25, 0.3) is 0 Å². The summed E-state index contributed by atoms with van der Waals surface area (Å²) in [5.41, 5.74) is 0.894. The van der Waals surface area contributed by atoms with Gasteiger partial charge in [0, 0.05) is 28.1 Å². The van der Waals surface area contributed by atoms with Crippen molar-refractivity contribution in [2.75, 3.05) is 20.8 Å². The van der Waals surface area contributed by atoms with Crippen LogP contribution in [0, 0.1) is 0 Å². The summed E-state index contributed by atoms with van der Waals surface area (Å²) in [7, 11) is 2.94. The van der Waals surface area contributed by atoms with E-state index in [0.29, 0.717) is 0 Å². The van der Waals surface area contributed by atoms with Crippen molar-refractivity contribution in [3.63, 3.8) is 0 Å². The molecule has 166 valence electrons. The van der Waals surface area contributed by atoms with E-state index < -0.39 is 41.8 Å². The van der Waals surface area contributed by atoms with Crippen molar-refractivity contribution in [2.45, 2.75) is 57.6 Å². The van der Waals surface area contributed by atoms with Gasteiger partial charge in [0.15, 0.2) is 12.2 Å². The topological polar surface area (TPSA) is 89.5 Å². The smallest absolute Gasteiger partial charge is 0.303 e. The van der Waals surface area contributed by atoms with Gasteiger partial charge in [-0.05, 0) is 25.5 Å². The Morgan fingerprint density at radius 3 is 2.17 bits per heavy atom. The Morgan fingerprint density at radius 2 is 1.63 bits per heavy atom. The Kier molecular flexibility index (Phi) is 8.14. The zero-order valence-electron chi connectivity index (χ0n) is 18.2. The average molecular weight is 422 g/mol. The van der Waals surface area contributed by atoms with Crippen LogP contribution in [0.4, 0.5) is 0 Å². The average Bonchev–Trinajstić information content (AvgIpc) is 2.72. The lowest BCUT2D eigenvalue weighted by Crippen LogP contribution is -2.65. The molecule has 0 spiro atoms. The minimum absolute atomic E-state index is 0.0260. The first-order valence-electron chi connectivity index (χ1n) is 9.64. The fourth-order valence-electron chi connectivity index (χ4n) is 3.17. The highest BCUT2D eigenvalue weighted by Gasteiger charge is 2.56. The summed E-state index contributed by atoms with van der Waals surface area (Å²) in [4.78, 5) is 23.6. The van der Waals surface area contributed by atoms with E-state index in [0.717, 1.165) is 5.56 Å². The third-order valence-corrected chi connectivity index (χ3v) is 5.08. The standard InChI is InChI=1S/C22H30O8/c1-15(23)28-18(13-12-17-10-8-7-9-11-17)20(29-16(2)24)19-14-27-21(3,25-5)22(4,26-6)30-19/h7-13,18-20H,14H2,1-6H3/b13-12+/t18-,19-,20+,21-,22-/m1/s1. The predicted molar refractivity (Wildman–Crippen MR) is 108 cm³/mol. The molecular weight excluding hydrogens is 392 g/mol. The molecule has 0 unspecified atom stereocenters. The Balaban J connectivity index is 2.35. The van der Waals surface area contributed by atoms with Gasteiger partial charge in [-0.2, -0.15) is 0 Å². The molecule has 0 bridgehead atoms. The number of carbonyl (C=O) groups is 2. The van der Waals surface area contributed by atoms with Gasteiger partial charge in [-0.15, -0.1) is 0 Å². The van der Waals surface area contributed by atoms with E-state index in [-0.39, 0.29) is 6.61 Å². The predicted octanol–water partition coefficient (Wildman–Crippen LogP) is 2.70. The van der Waals surface area contributed by atoms with Crippen molar-refractivity contribution < 1.29 is 38.0 Å².